The van der Waals surface area contributed by atoms with Crippen LogP contribution >= 0.6 is 0 Å². The van der Waals surface area contributed by atoms with Crippen LogP contribution in [0.15, 0.2) is 34.0 Å². The quantitative estimate of drug-likeness (QED) is 0.595. The third-order valence-corrected chi connectivity index (χ3v) is 6.05. The third kappa shape index (κ3) is 4.24. The largest absolute Gasteiger partial charge is 0.349 e. The van der Waals surface area contributed by atoms with Gasteiger partial charge in [0, 0.05) is 25.2 Å². The van der Waals surface area contributed by atoms with Gasteiger partial charge in [0.25, 0.3) is 21.5 Å². The molecule has 0 atom stereocenters. The number of carbonyl (C=O) groups is 1. The van der Waals surface area contributed by atoms with Gasteiger partial charge in [-0.05, 0) is 35.6 Å². The van der Waals surface area contributed by atoms with E-state index in [0.717, 1.165) is 23.1 Å². The van der Waals surface area contributed by atoms with Crippen LogP contribution in [0.25, 0.3) is 22.2 Å². The van der Waals surface area contributed by atoms with E-state index in [1.165, 1.54) is 0 Å². The normalized spacial score (nSPS) is 12.1. The van der Waals surface area contributed by atoms with Crippen LogP contribution < -0.4 is 15.7 Å². The Morgan fingerprint density at radius 1 is 1.19 bits per heavy atom. The number of H-pyrrole nitrogens is 1. The Morgan fingerprint density at radius 3 is 2.34 bits per heavy atom. The standard InChI is InChI=1S/C21H27N5O5S/c1-12(2)9-19(27)26(32(6,30)31)25-20(28)16-10-15(18-7-8-22-24(18)5)14(13(3)4)11-17(16)23-21(25)29/h7-8,10-13H,9H2,1-6H3,(H,23,29). The van der Waals surface area contributed by atoms with E-state index in [4.69, 9.17) is 0 Å². The Bertz CT molecular complexity index is 1410. The molecule has 0 saturated carbocycles. The highest BCUT2D eigenvalue weighted by molar-refractivity contribution is 7.92. The van der Waals surface area contributed by atoms with Crippen molar-refractivity contribution >= 4 is 26.8 Å². The second kappa shape index (κ2) is 8.38. The average Bonchev–Trinajstić information content (AvgIpc) is 3.08. The zero-order chi connectivity index (χ0) is 24.0. The lowest BCUT2D eigenvalue weighted by Gasteiger charge is -2.22. The smallest absolute Gasteiger partial charge is 0.305 e. The third-order valence-electron chi connectivity index (χ3n) is 5.06. The molecular formula is C21H27N5O5S. The van der Waals surface area contributed by atoms with Crippen LogP contribution in [0.5, 0.6) is 0 Å². The zero-order valence-corrected chi connectivity index (χ0v) is 19.7. The van der Waals surface area contributed by atoms with Crippen molar-refractivity contribution < 1.29 is 13.2 Å². The number of aromatic nitrogens is 4. The Hall–Kier alpha value is -3.21. The van der Waals surface area contributed by atoms with Gasteiger partial charge in [-0.25, -0.2) is 13.2 Å². The van der Waals surface area contributed by atoms with Crippen molar-refractivity contribution in [3.8, 4) is 11.3 Å². The lowest BCUT2D eigenvalue weighted by molar-refractivity contribution is -0.119. The van der Waals surface area contributed by atoms with E-state index >= 15 is 0 Å². The van der Waals surface area contributed by atoms with E-state index in [2.05, 4.69) is 10.1 Å². The van der Waals surface area contributed by atoms with Crippen LogP contribution in [-0.2, 0) is 21.9 Å². The summed E-state index contributed by atoms with van der Waals surface area (Å²) >= 11 is 0. The second-order valence-electron chi connectivity index (χ2n) is 8.52. The molecule has 2 heterocycles. The fourth-order valence-corrected chi connectivity index (χ4v) is 4.54. The summed E-state index contributed by atoms with van der Waals surface area (Å²) < 4.78 is 27.1. The summed E-state index contributed by atoms with van der Waals surface area (Å²) in [5, 5.41) is 4.26. The lowest BCUT2D eigenvalue weighted by atomic mass is 9.93. The van der Waals surface area contributed by atoms with Gasteiger partial charge in [-0.2, -0.15) is 5.10 Å². The summed E-state index contributed by atoms with van der Waals surface area (Å²) in [6.45, 7) is 7.44. The number of carbonyl (C=O) groups excluding carboxylic acids is 1. The Labute approximate surface area is 185 Å². The highest BCUT2D eigenvalue weighted by Gasteiger charge is 2.30. The molecule has 0 spiro atoms. The fraction of sp³-hybridized carbons (Fsp3) is 0.429. The summed E-state index contributed by atoms with van der Waals surface area (Å²) in [4.78, 5) is 41.5. The molecule has 172 valence electrons. The molecule has 3 aromatic rings. The van der Waals surface area contributed by atoms with Crippen molar-refractivity contribution in [2.45, 2.75) is 40.0 Å². The first kappa shape index (κ1) is 23.5. The van der Waals surface area contributed by atoms with Crippen LogP contribution in [0.2, 0.25) is 0 Å². The first-order valence-electron chi connectivity index (χ1n) is 10.2. The van der Waals surface area contributed by atoms with Crippen molar-refractivity contribution in [2.75, 3.05) is 10.7 Å². The molecule has 1 amide bonds. The topological polar surface area (TPSA) is 127 Å². The van der Waals surface area contributed by atoms with Gasteiger partial charge in [0.05, 0.1) is 22.9 Å². The van der Waals surface area contributed by atoms with Gasteiger partial charge in [-0.3, -0.25) is 14.3 Å². The van der Waals surface area contributed by atoms with E-state index < -0.39 is 27.2 Å². The summed E-state index contributed by atoms with van der Waals surface area (Å²) in [6.07, 6.45) is 2.26. The molecular weight excluding hydrogens is 434 g/mol. The van der Waals surface area contributed by atoms with Crippen molar-refractivity contribution in [3.63, 3.8) is 0 Å². The fourth-order valence-electron chi connectivity index (χ4n) is 3.65. The van der Waals surface area contributed by atoms with Crippen LogP contribution in [-0.4, -0.2) is 40.0 Å². The first-order chi connectivity index (χ1) is 14.8. The van der Waals surface area contributed by atoms with Gasteiger partial charge < -0.3 is 4.98 Å². The van der Waals surface area contributed by atoms with Crippen molar-refractivity contribution in [3.05, 3.63) is 50.8 Å². The minimum atomic E-state index is -4.25. The molecule has 1 N–H and O–H groups in total. The first-order valence-corrected chi connectivity index (χ1v) is 12.0. The number of fused-ring (bicyclic) bond motifs is 1. The molecule has 0 fully saturated rings. The van der Waals surface area contributed by atoms with Gasteiger partial charge in [0.1, 0.15) is 0 Å². The van der Waals surface area contributed by atoms with Gasteiger partial charge in [-0.1, -0.05) is 27.7 Å². The number of benzene rings is 1. The maximum atomic E-state index is 13.4. The average molecular weight is 462 g/mol. The number of nitrogens with zero attached hydrogens (tertiary/aromatic N) is 4. The number of sulfonamides is 1. The molecule has 0 bridgehead atoms. The van der Waals surface area contributed by atoms with Gasteiger partial charge in [-0.15, -0.1) is 9.09 Å². The van der Waals surface area contributed by atoms with Crippen molar-refractivity contribution in [1.29, 1.82) is 0 Å². The highest BCUT2D eigenvalue weighted by Crippen LogP contribution is 2.31. The van der Waals surface area contributed by atoms with Gasteiger partial charge in [0.2, 0.25) is 0 Å². The molecule has 0 aliphatic rings. The predicted octanol–water partition coefficient (Wildman–Crippen LogP) is 1.68. The molecule has 0 radical (unpaired) electrons. The molecule has 0 aliphatic heterocycles. The van der Waals surface area contributed by atoms with Crippen LogP contribution in [0.1, 0.15) is 45.6 Å². The zero-order valence-electron chi connectivity index (χ0n) is 18.9. The monoisotopic (exact) mass is 461 g/mol. The van der Waals surface area contributed by atoms with E-state index in [1.54, 1.807) is 50.0 Å². The number of aryl methyl sites for hydroxylation is 1. The lowest BCUT2D eigenvalue weighted by Crippen LogP contribution is -2.56. The van der Waals surface area contributed by atoms with Crippen LogP contribution in [0.4, 0.5) is 0 Å². The predicted molar refractivity (Wildman–Crippen MR) is 123 cm³/mol. The van der Waals surface area contributed by atoms with E-state index in [0.29, 0.717) is 4.68 Å². The van der Waals surface area contributed by atoms with E-state index in [-0.39, 0.29) is 33.6 Å². The number of aromatic amines is 1. The Kier molecular flexibility index (Phi) is 6.14. The molecule has 0 saturated heterocycles. The molecule has 0 unspecified atom stereocenters. The summed E-state index contributed by atoms with van der Waals surface area (Å²) in [5.74, 6) is -0.970. The molecule has 2 aromatic heterocycles. The number of rotatable bonds is 6. The van der Waals surface area contributed by atoms with Crippen molar-refractivity contribution in [1.82, 2.24) is 19.4 Å². The Morgan fingerprint density at radius 2 is 1.84 bits per heavy atom. The van der Waals surface area contributed by atoms with Crippen LogP contribution in [0.3, 0.4) is 0 Å². The minimum Gasteiger partial charge on any atom is -0.305 e. The molecule has 0 aliphatic carbocycles. The number of amides is 1. The molecule has 11 heteroatoms. The summed E-state index contributed by atoms with van der Waals surface area (Å²) in [7, 11) is -2.48. The van der Waals surface area contributed by atoms with Crippen molar-refractivity contribution in [2.24, 2.45) is 13.0 Å². The molecule has 1 aromatic carbocycles. The Balaban J connectivity index is 2.39. The molecule has 10 nitrogen and oxygen atoms in total. The minimum absolute atomic E-state index is 0.0652. The van der Waals surface area contributed by atoms with E-state index in [9.17, 15) is 22.8 Å². The van der Waals surface area contributed by atoms with Crippen LogP contribution in [0, 0.1) is 5.92 Å². The molecule has 32 heavy (non-hydrogen) atoms. The number of hydrogen-bond donors (Lipinski definition) is 1. The number of hydrogen-bond acceptors (Lipinski definition) is 6. The SMILES string of the molecule is CC(C)CC(=O)N(n1c(=O)[nH]c2cc(C(C)C)c(-c3ccnn3C)cc2c1=O)S(C)(=O)=O. The van der Waals surface area contributed by atoms with E-state index in [1.807, 2.05) is 13.8 Å². The highest BCUT2D eigenvalue weighted by atomic mass is 32.2. The summed E-state index contributed by atoms with van der Waals surface area (Å²) in [5.41, 5.74) is 0.713. The maximum Gasteiger partial charge on any atom is 0.349 e. The number of nitrogens with one attached hydrogen (secondary N) is 1. The maximum absolute atomic E-state index is 13.4. The second-order valence-corrected chi connectivity index (χ2v) is 10.3. The van der Waals surface area contributed by atoms with Gasteiger partial charge >= 0.3 is 5.69 Å². The van der Waals surface area contributed by atoms with Gasteiger partial charge in [0.15, 0.2) is 0 Å². The molecule has 3 rings (SSSR count). The summed E-state index contributed by atoms with van der Waals surface area (Å²) in [6, 6.07) is 5.10.